The van der Waals surface area contributed by atoms with E-state index in [1.165, 1.54) is 11.7 Å². The largest absolute Gasteiger partial charge is 0.468 e. The Morgan fingerprint density at radius 1 is 1.62 bits per heavy atom. The highest BCUT2D eigenvalue weighted by Gasteiger charge is 2.17. The molecule has 0 aliphatic rings. The van der Waals surface area contributed by atoms with Gasteiger partial charge < -0.3 is 4.74 Å². The highest BCUT2D eigenvalue weighted by molar-refractivity contribution is 9.10. The summed E-state index contributed by atoms with van der Waals surface area (Å²) in [5.74, 6) is -0.410. The first-order chi connectivity index (χ1) is 7.45. The molecule has 6 heteroatoms. The predicted octanol–water partition coefficient (Wildman–Crippen LogP) is 0.797. The minimum absolute atomic E-state index is 0.213. The first-order valence-corrected chi connectivity index (χ1v) is 5.64. The Hall–Kier alpha value is -1.17. The standard InChI is InChI=1S/C10H13BrN2O3/c1-6-4-7(2)13(10(15)12-6)5-8(11)9(14)16-3/h4,8H,5H2,1-3H3. The fourth-order valence-electron chi connectivity index (χ4n) is 1.36. The van der Waals surface area contributed by atoms with Gasteiger partial charge in [0.1, 0.15) is 4.83 Å². The number of methoxy groups -OCH3 is 1. The number of aryl methyl sites for hydroxylation is 2. The van der Waals surface area contributed by atoms with E-state index in [1.807, 2.05) is 0 Å². The SMILES string of the molecule is COC(=O)C(Br)Cn1c(C)cc(C)nc1=O. The van der Waals surface area contributed by atoms with Crippen molar-refractivity contribution in [1.82, 2.24) is 9.55 Å². The van der Waals surface area contributed by atoms with Crippen molar-refractivity contribution in [3.8, 4) is 0 Å². The summed E-state index contributed by atoms with van der Waals surface area (Å²) >= 11 is 3.16. The van der Waals surface area contributed by atoms with Gasteiger partial charge in [0.2, 0.25) is 0 Å². The average Bonchev–Trinajstić information content (AvgIpc) is 2.21. The van der Waals surface area contributed by atoms with Gasteiger partial charge in [0.05, 0.1) is 13.7 Å². The number of aromatic nitrogens is 2. The van der Waals surface area contributed by atoms with E-state index >= 15 is 0 Å². The molecule has 0 N–H and O–H groups in total. The molecule has 0 bridgehead atoms. The minimum Gasteiger partial charge on any atom is -0.468 e. The number of rotatable bonds is 3. The minimum atomic E-state index is -0.543. The molecule has 1 atom stereocenters. The molecule has 0 amide bonds. The second kappa shape index (κ2) is 5.25. The number of hydrogen-bond acceptors (Lipinski definition) is 4. The molecular weight excluding hydrogens is 276 g/mol. The van der Waals surface area contributed by atoms with E-state index < -0.39 is 10.8 Å². The topological polar surface area (TPSA) is 61.2 Å². The molecule has 88 valence electrons. The van der Waals surface area contributed by atoms with E-state index in [0.717, 1.165) is 5.69 Å². The summed E-state index contributed by atoms with van der Waals surface area (Å²) < 4.78 is 6.00. The van der Waals surface area contributed by atoms with Gasteiger partial charge in [-0.1, -0.05) is 15.9 Å². The van der Waals surface area contributed by atoms with E-state index in [2.05, 4.69) is 25.7 Å². The molecule has 0 saturated heterocycles. The van der Waals surface area contributed by atoms with Gasteiger partial charge in [-0.2, -0.15) is 4.98 Å². The second-order valence-electron chi connectivity index (χ2n) is 3.42. The van der Waals surface area contributed by atoms with E-state index in [4.69, 9.17) is 0 Å². The number of carbonyl (C=O) groups excluding carboxylic acids is 1. The Bertz CT molecular complexity index is 456. The molecule has 1 aromatic heterocycles. The number of hydrogen-bond donors (Lipinski definition) is 0. The summed E-state index contributed by atoms with van der Waals surface area (Å²) in [5, 5.41) is 0. The lowest BCUT2D eigenvalue weighted by Crippen LogP contribution is -2.32. The third kappa shape index (κ3) is 2.91. The highest BCUT2D eigenvalue weighted by Crippen LogP contribution is 2.06. The van der Waals surface area contributed by atoms with Crippen LogP contribution < -0.4 is 5.69 Å². The molecule has 0 radical (unpaired) electrons. The van der Waals surface area contributed by atoms with Crippen molar-refractivity contribution in [3.05, 3.63) is 27.9 Å². The fraction of sp³-hybridized carbons (Fsp3) is 0.500. The van der Waals surface area contributed by atoms with Crippen molar-refractivity contribution >= 4 is 21.9 Å². The Morgan fingerprint density at radius 3 is 2.75 bits per heavy atom. The third-order valence-corrected chi connectivity index (χ3v) is 2.81. The van der Waals surface area contributed by atoms with Gasteiger partial charge in [0.25, 0.3) is 0 Å². The fourth-order valence-corrected chi connectivity index (χ4v) is 1.84. The zero-order valence-corrected chi connectivity index (χ0v) is 10.9. The van der Waals surface area contributed by atoms with E-state index in [1.54, 1.807) is 19.9 Å². The molecule has 0 fully saturated rings. The molecule has 5 nitrogen and oxygen atoms in total. The van der Waals surface area contributed by atoms with Gasteiger partial charge in [0.15, 0.2) is 0 Å². The molecule has 0 aliphatic carbocycles. The molecule has 0 saturated carbocycles. The van der Waals surface area contributed by atoms with Crippen LogP contribution in [0.1, 0.15) is 11.4 Å². The van der Waals surface area contributed by atoms with Crippen molar-refractivity contribution in [2.24, 2.45) is 0 Å². The van der Waals surface area contributed by atoms with Crippen LogP contribution in [0, 0.1) is 13.8 Å². The third-order valence-electron chi connectivity index (χ3n) is 2.15. The summed E-state index contributed by atoms with van der Waals surface area (Å²) in [6, 6.07) is 1.79. The van der Waals surface area contributed by atoms with Crippen LogP contribution in [-0.4, -0.2) is 27.5 Å². The summed E-state index contributed by atoms with van der Waals surface area (Å²) in [7, 11) is 1.31. The van der Waals surface area contributed by atoms with Crippen LogP contribution in [0.5, 0.6) is 0 Å². The molecule has 16 heavy (non-hydrogen) atoms. The van der Waals surface area contributed by atoms with Gasteiger partial charge in [-0.15, -0.1) is 0 Å². The maximum Gasteiger partial charge on any atom is 0.348 e. The monoisotopic (exact) mass is 288 g/mol. The number of alkyl halides is 1. The Morgan fingerprint density at radius 2 is 2.25 bits per heavy atom. The predicted molar refractivity (Wildman–Crippen MR) is 62.7 cm³/mol. The lowest BCUT2D eigenvalue weighted by Gasteiger charge is -2.12. The summed E-state index contributed by atoms with van der Waals surface area (Å²) in [6.07, 6.45) is 0. The smallest absolute Gasteiger partial charge is 0.348 e. The number of halogens is 1. The van der Waals surface area contributed by atoms with Gasteiger partial charge in [-0.3, -0.25) is 9.36 Å². The molecule has 0 aromatic carbocycles. The van der Waals surface area contributed by atoms with Crippen LogP contribution in [0.3, 0.4) is 0 Å². The molecule has 0 aliphatic heterocycles. The number of esters is 1. The zero-order chi connectivity index (χ0) is 12.3. The van der Waals surface area contributed by atoms with Crippen molar-refractivity contribution in [2.45, 2.75) is 25.2 Å². The zero-order valence-electron chi connectivity index (χ0n) is 9.36. The molecule has 1 heterocycles. The van der Waals surface area contributed by atoms with Crippen molar-refractivity contribution in [3.63, 3.8) is 0 Å². The van der Waals surface area contributed by atoms with Gasteiger partial charge >= 0.3 is 11.7 Å². The van der Waals surface area contributed by atoms with Gasteiger partial charge in [-0.25, -0.2) is 4.79 Å². The van der Waals surface area contributed by atoms with Crippen LogP contribution in [0.25, 0.3) is 0 Å². The average molecular weight is 289 g/mol. The molecular formula is C10H13BrN2O3. The quantitative estimate of drug-likeness (QED) is 0.610. The van der Waals surface area contributed by atoms with Crippen LogP contribution in [0.2, 0.25) is 0 Å². The van der Waals surface area contributed by atoms with E-state index in [-0.39, 0.29) is 12.2 Å². The first kappa shape index (κ1) is 12.9. The maximum atomic E-state index is 11.6. The van der Waals surface area contributed by atoms with E-state index in [0.29, 0.717) is 5.69 Å². The maximum absolute atomic E-state index is 11.6. The van der Waals surface area contributed by atoms with Crippen LogP contribution in [-0.2, 0) is 16.1 Å². The van der Waals surface area contributed by atoms with Crippen LogP contribution in [0.15, 0.2) is 10.9 Å². The number of carbonyl (C=O) groups is 1. The summed E-state index contributed by atoms with van der Waals surface area (Å²) in [6.45, 7) is 3.77. The lowest BCUT2D eigenvalue weighted by atomic mass is 10.3. The van der Waals surface area contributed by atoms with Crippen molar-refractivity contribution < 1.29 is 9.53 Å². The molecule has 1 aromatic rings. The van der Waals surface area contributed by atoms with Crippen LogP contribution in [0.4, 0.5) is 0 Å². The summed E-state index contributed by atoms with van der Waals surface area (Å²) in [4.78, 5) is 26.1. The molecule has 1 rings (SSSR count). The Balaban J connectivity index is 2.98. The van der Waals surface area contributed by atoms with Crippen molar-refractivity contribution in [1.29, 1.82) is 0 Å². The van der Waals surface area contributed by atoms with Gasteiger partial charge in [-0.05, 0) is 19.9 Å². The Labute approximate surface area is 102 Å². The summed E-state index contributed by atoms with van der Waals surface area (Å²) in [5.41, 5.74) is 1.08. The highest BCUT2D eigenvalue weighted by atomic mass is 79.9. The normalized spacial score (nSPS) is 12.2. The van der Waals surface area contributed by atoms with Crippen LogP contribution >= 0.6 is 15.9 Å². The van der Waals surface area contributed by atoms with Gasteiger partial charge in [0, 0.05) is 11.4 Å². The van der Waals surface area contributed by atoms with E-state index in [9.17, 15) is 9.59 Å². The second-order valence-corrected chi connectivity index (χ2v) is 4.53. The first-order valence-electron chi connectivity index (χ1n) is 4.72. The Kier molecular flexibility index (Phi) is 4.23. The molecule has 0 spiro atoms. The molecule has 1 unspecified atom stereocenters. The number of ether oxygens (including phenoxy) is 1. The van der Waals surface area contributed by atoms with Crippen molar-refractivity contribution in [2.75, 3.05) is 7.11 Å². The lowest BCUT2D eigenvalue weighted by molar-refractivity contribution is -0.140. The number of nitrogens with zero attached hydrogens (tertiary/aromatic N) is 2.